The van der Waals surface area contributed by atoms with Crippen LogP contribution >= 0.6 is 11.8 Å². The largest absolute Gasteiger partial charge is 0.348 e. The van der Waals surface area contributed by atoms with Crippen molar-refractivity contribution in [2.45, 2.75) is 20.4 Å². The van der Waals surface area contributed by atoms with Crippen molar-refractivity contribution >= 4 is 11.8 Å². The molecule has 1 saturated heterocycles. The van der Waals surface area contributed by atoms with Gasteiger partial charge in [-0.05, 0) is 26.0 Å². The van der Waals surface area contributed by atoms with Crippen molar-refractivity contribution in [3.05, 3.63) is 23.5 Å². The Morgan fingerprint density at radius 3 is 2.27 bits per heavy atom. The summed E-state index contributed by atoms with van der Waals surface area (Å²) in [6.07, 6.45) is 0. The van der Waals surface area contributed by atoms with Crippen molar-refractivity contribution in [3.8, 4) is 0 Å². The van der Waals surface area contributed by atoms with Gasteiger partial charge in [-0.25, -0.2) is 0 Å². The molecule has 1 aromatic heterocycles. The van der Waals surface area contributed by atoms with E-state index in [2.05, 4.69) is 47.2 Å². The quantitative estimate of drug-likeness (QED) is 0.777. The first-order chi connectivity index (χ1) is 7.27. The van der Waals surface area contributed by atoms with Gasteiger partial charge >= 0.3 is 0 Å². The molecule has 2 rings (SSSR count). The summed E-state index contributed by atoms with van der Waals surface area (Å²) < 4.78 is 2.42. The van der Waals surface area contributed by atoms with Crippen molar-refractivity contribution in [2.75, 3.05) is 31.1 Å². The summed E-state index contributed by atoms with van der Waals surface area (Å²) in [6.45, 7) is 9.28. The Hall–Kier alpha value is -0.410. The van der Waals surface area contributed by atoms with Crippen LogP contribution in [-0.2, 0) is 6.54 Å². The zero-order chi connectivity index (χ0) is 10.7. The van der Waals surface area contributed by atoms with Crippen LogP contribution in [-0.4, -0.2) is 40.6 Å². The maximum absolute atomic E-state index is 2.58. The second-order valence-corrected chi connectivity index (χ2v) is 5.45. The summed E-state index contributed by atoms with van der Waals surface area (Å²) in [6, 6.07) is 4.42. The van der Waals surface area contributed by atoms with Gasteiger partial charge in [0.2, 0.25) is 0 Å². The lowest BCUT2D eigenvalue weighted by Crippen LogP contribution is -2.35. The minimum atomic E-state index is 1.15. The van der Waals surface area contributed by atoms with Gasteiger partial charge in [-0.15, -0.1) is 0 Å². The van der Waals surface area contributed by atoms with Crippen LogP contribution < -0.4 is 0 Å². The summed E-state index contributed by atoms with van der Waals surface area (Å²) in [4.78, 5) is 2.58. The molecule has 1 aliphatic heterocycles. The van der Waals surface area contributed by atoms with Gasteiger partial charge < -0.3 is 4.57 Å². The van der Waals surface area contributed by atoms with Crippen LogP contribution in [0.25, 0.3) is 0 Å². The molecule has 84 valence electrons. The van der Waals surface area contributed by atoms with E-state index in [4.69, 9.17) is 0 Å². The van der Waals surface area contributed by atoms with E-state index in [1.165, 1.54) is 42.5 Å². The molecule has 2 nitrogen and oxygen atoms in total. The monoisotopic (exact) mass is 224 g/mol. The second kappa shape index (κ2) is 5.08. The van der Waals surface area contributed by atoms with Crippen LogP contribution in [0.15, 0.2) is 12.1 Å². The molecular weight excluding hydrogens is 204 g/mol. The van der Waals surface area contributed by atoms with E-state index in [1.54, 1.807) is 0 Å². The number of nitrogens with zero attached hydrogens (tertiary/aromatic N) is 2. The molecule has 0 N–H and O–H groups in total. The molecule has 0 aliphatic carbocycles. The zero-order valence-electron chi connectivity index (χ0n) is 9.70. The maximum Gasteiger partial charge on any atom is 0.0352 e. The molecule has 1 aromatic rings. The van der Waals surface area contributed by atoms with Crippen molar-refractivity contribution in [1.82, 2.24) is 9.47 Å². The van der Waals surface area contributed by atoms with E-state index in [9.17, 15) is 0 Å². The highest BCUT2D eigenvalue weighted by atomic mass is 32.2. The molecule has 2 heterocycles. The van der Waals surface area contributed by atoms with E-state index in [1.807, 2.05) is 0 Å². The minimum Gasteiger partial charge on any atom is -0.348 e. The first-order valence-electron chi connectivity index (χ1n) is 5.70. The topological polar surface area (TPSA) is 8.17 Å². The average Bonchev–Trinajstić information content (AvgIpc) is 2.58. The fourth-order valence-corrected chi connectivity index (χ4v) is 3.10. The van der Waals surface area contributed by atoms with Crippen LogP contribution in [0.2, 0.25) is 0 Å². The van der Waals surface area contributed by atoms with Gasteiger partial charge in [-0.1, -0.05) is 0 Å². The molecule has 0 unspecified atom stereocenters. The lowest BCUT2D eigenvalue weighted by molar-refractivity contribution is 0.288. The Morgan fingerprint density at radius 1 is 1.07 bits per heavy atom. The summed E-state index contributed by atoms with van der Waals surface area (Å²) in [5.41, 5.74) is 2.78. The molecule has 1 aliphatic rings. The summed E-state index contributed by atoms with van der Waals surface area (Å²) in [5, 5.41) is 0. The lowest BCUT2D eigenvalue weighted by atomic mass is 10.4. The molecule has 3 heteroatoms. The second-order valence-electron chi connectivity index (χ2n) is 4.22. The third-order valence-electron chi connectivity index (χ3n) is 3.16. The van der Waals surface area contributed by atoms with Gasteiger partial charge in [0.1, 0.15) is 0 Å². The van der Waals surface area contributed by atoms with Gasteiger partial charge in [-0.2, -0.15) is 11.8 Å². The van der Waals surface area contributed by atoms with Gasteiger partial charge in [-0.3, -0.25) is 4.90 Å². The smallest absolute Gasteiger partial charge is 0.0352 e. The molecular formula is C12H20N2S. The number of aryl methyl sites for hydroxylation is 2. The van der Waals surface area contributed by atoms with E-state index in [0.717, 1.165) is 6.54 Å². The Labute approximate surface area is 96.6 Å². The highest BCUT2D eigenvalue weighted by Gasteiger charge is 2.10. The van der Waals surface area contributed by atoms with Gasteiger partial charge in [0.25, 0.3) is 0 Å². The number of rotatable bonds is 3. The van der Waals surface area contributed by atoms with Crippen LogP contribution in [0.1, 0.15) is 11.4 Å². The number of hydrogen-bond acceptors (Lipinski definition) is 2. The zero-order valence-corrected chi connectivity index (χ0v) is 10.5. The molecule has 0 spiro atoms. The number of thioether (sulfide) groups is 1. The number of hydrogen-bond donors (Lipinski definition) is 0. The standard InChI is InChI=1S/C12H20N2S/c1-11-3-4-12(2)14(11)6-5-13-7-9-15-10-8-13/h3-4H,5-10H2,1-2H3. The fourth-order valence-electron chi connectivity index (χ4n) is 2.12. The Bertz CT molecular complexity index is 294. The predicted molar refractivity (Wildman–Crippen MR) is 67.7 cm³/mol. The first kappa shape index (κ1) is 11.1. The van der Waals surface area contributed by atoms with Crippen LogP contribution in [0.5, 0.6) is 0 Å². The maximum atomic E-state index is 2.58. The average molecular weight is 224 g/mol. The highest BCUT2D eigenvalue weighted by molar-refractivity contribution is 7.99. The van der Waals surface area contributed by atoms with Crippen molar-refractivity contribution in [2.24, 2.45) is 0 Å². The van der Waals surface area contributed by atoms with Gasteiger partial charge in [0.15, 0.2) is 0 Å². The fraction of sp³-hybridized carbons (Fsp3) is 0.667. The van der Waals surface area contributed by atoms with Gasteiger partial charge in [0, 0.05) is 49.1 Å². The summed E-state index contributed by atoms with van der Waals surface area (Å²) in [7, 11) is 0. The minimum absolute atomic E-state index is 1.15. The SMILES string of the molecule is Cc1ccc(C)n1CCN1CCSCC1. The Morgan fingerprint density at radius 2 is 1.67 bits per heavy atom. The first-order valence-corrected chi connectivity index (χ1v) is 6.85. The molecule has 0 saturated carbocycles. The Balaban J connectivity index is 1.87. The Kier molecular flexibility index (Phi) is 3.76. The molecule has 0 radical (unpaired) electrons. The van der Waals surface area contributed by atoms with Crippen LogP contribution in [0, 0.1) is 13.8 Å². The lowest BCUT2D eigenvalue weighted by Gasteiger charge is -2.26. The van der Waals surface area contributed by atoms with E-state index in [0.29, 0.717) is 0 Å². The molecule has 0 bridgehead atoms. The summed E-state index contributed by atoms with van der Waals surface area (Å²) >= 11 is 2.08. The highest BCUT2D eigenvalue weighted by Crippen LogP contribution is 2.11. The van der Waals surface area contributed by atoms with Crippen molar-refractivity contribution in [1.29, 1.82) is 0 Å². The molecule has 15 heavy (non-hydrogen) atoms. The van der Waals surface area contributed by atoms with E-state index in [-0.39, 0.29) is 0 Å². The normalized spacial score (nSPS) is 18.3. The van der Waals surface area contributed by atoms with Crippen molar-refractivity contribution < 1.29 is 0 Å². The molecule has 0 aromatic carbocycles. The predicted octanol–water partition coefficient (Wildman–Crippen LogP) is 2.15. The summed E-state index contributed by atoms with van der Waals surface area (Å²) in [5.74, 6) is 2.62. The van der Waals surface area contributed by atoms with Crippen LogP contribution in [0.3, 0.4) is 0 Å². The van der Waals surface area contributed by atoms with Crippen LogP contribution in [0.4, 0.5) is 0 Å². The third-order valence-corrected chi connectivity index (χ3v) is 4.10. The number of aromatic nitrogens is 1. The molecule has 0 atom stereocenters. The molecule has 0 amide bonds. The third kappa shape index (κ3) is 2.79. The van der Waals surface area contributed by atoms with E-state index >= 15 is 0 Å². The molecule has 1 fully saturated rings. The van der Waals surface area contributed by atoms with Gasteiger partial charge in [0.05, 0.1) is 0 Å². The van der Waals surface area contributed by atoms with Crippen molar-refractivity contribution in [3.63, 3.8) is 0 Å². The van der Waals surface area contributed by atoms with E-state index < -0.39 is 0 Å².